The van der Waals surface area contributed by atoms with E-state index < -0.39 is 5.54 Å². The number of carbonyl (C=O) groups is 1. The molecule has 1 unspecified atom stereocenters. The Morgan fingerprint density at radius 2 is 1.79 bits per heavy atom. The van der Waals surface area contributed by atoms with Crippen LogP contribution < -0.4 is 10.2 Å². The summed E-state index contributed by atoms with van der Waals surface area (Å²) in [5.74, 6) is 0.155. The standard InChI is InChI=1S/C16H24N2O/c1-11-8-12(2)10-14(9-11)18-13(3)6-7-17-16(4,5)15(18)19/h8-10,13,17H,6-7H2,1-5H3. The maximum Gasteiger partial charge on any atom is 0.246 e. The van der Waals surface area contributed by atoms with Crippen LogP contribution in [-0.4, -0.2) is 24.0 Å². The van der Waals surface area contributed by atoms with E-state index in [1.54, 1.807) is 0 Å². The van der Waals surface area contributed by atoms with Crippen molar-refractivity contribution in [2.45, 2.75) is 52.6 Å². The van der Waals surface area contributed by atoms with Gasteiger partial charge in [-0.15, -0.1) is 0 Å². The van der Waals surface area contributed by atoms with Crippen molar-refractivity contribution in [2.24, 2.45) is 0 Å². The van der Waals surface area contributed by atoms with Gasteiger partial charge < -0.3 is 10.2 Å². The Bertz CT molecular complexity index is 473. The van der Waals surface area contributed by atoms with Crippen LogP contribution in [0, 0.1) is 13.8 Å². The summed E-state index contributed by atoms with van der Waals surface area (Å²) in [5.41, 5.74) is 2.92. The average Bonchev–Trinajstić information content (AvgIpc) is 2.35. The maximum atomic E-state index is 12.8. The summed E-state index contributed by atoms with van der Waals surface area (Å²) in [5, 5.41) is 3.34. The van der Waals surface area contributed by atoms with Gasteiger partial charge in [0.25, 0.3) is 0 Å². The van der Waals surface area contributed by atoms with Crippen molar-refractivity contribution < 1.29 is 4.79 Å². The molecule has 1 fully saturated rings. The molecule has 3 nitrogen and oxygen atoms in total. The number of nitrogens with one attached hydrogen (secondary N) is 1. The Morgan fingerprint density at radius 1 is 1.21 bits per heavy atom. The van der Waals surface area contributed by atoms with Crippen molar-refractivity contribution in [1.29, 1.82) is 0 Å². The Labute approximate surface area is 116 Å². The van der Waals surface area contributed by atoms with E-state index >= 15 is 0 Å². The number of hydrogen-bond donors (Lipinski definition) is 1. The quantitative estimate of drug-likeness (QED) is 0.842. The minimum Gasteiger partial charge on any atom is -0.308 e. The minimum atomic E-state index is -0.498. The molecule has 0 aromatic heterocycles. The molecule has 1 aliphatic rings. The van der Waals surface area contributed by atoms with Crippen molar-refractivity contribution in [3.05, 3.63) is 29.3 Å². The molecule has 0 aliphatic carbocycles. The zero-order valence-corrected chi connectivity index (χ0v) is 12.6. The molecule has 1 saturated heterocycles. The predicted molar refractivity (Wildman–Crippen MR) is 79.6 cm³/mol. The molecule has 3 heteroatoms. The first kappa shape index (κ1) is 14.1. The number of anilines is 1. The van der Waals surface area contributed by atoms with Crippen molar-refractivity contribution >= 4 is 11.6 Å². The summed E-state index contributed by atoms with van der Waals surface area (Å²) in [6, 6.07) is 6.56. The van der Waals surface area contributed by atoms with E-state index in [-0.39, 0.29) is 11.9 Å². The van der Waals surface area contributed by atoms with Gasteiger partial charge in [-0.05, 0) is 70.8 Å². The van der Waals surface area contributed by atoms with Crippen LogP contribution in [-0.2, 0) is 4.79 Å². The van der Waals surface area contributed by atoms with Crippen molar-refractivity contribution in [3.63, 3.8) is 0 Å². The summed E-state index contributed by atoms with van der Waals surface area (Å²) >= 11 is 0. The van der Waals surface area contributed by atoms with Crippen LogP contribution in [0.25, 0.3) is 0 Å². The van der Waals surface area contributed by atoms with E-state index in [0.29, 0.717) is 0 Å². The van der Waals surface area contributed by atoms with E-state index in [2.05, 4.69) is 44.3 Å². The second-order valence-corrected chi connectivity index (χ2v) is 6.21. The summed E-state index contributed by atoms with van der Waals surface area (Å²) in [6.07, 6.45) is 0.974. The smallest absolute Gasteiger partial charge is 0.246 e. The monoisotopic (exact) mass is 260 g/mol. The zero-order valence-electron chi connectivity index (χ0n) is 12.6. The van der Waals surface area contributed by atoms with E-state index in [0.717, 1.165) is 18.7 Å². The molecular formula is C16H24N2O. The summed E-state index contributed by atoms with van der Waals surface area (Å²) in [7, 11) is 0. The summed E-state index contributed by atoms with van der Waals surface area (Å²) < 4.78 is 0. The zero-order chi connectivity index (χ0) is 14.2. The Balaban J connectivity index is 2.46. The first-order valence-electron chi connectivity index (χ1n) is 6.98. The van der Waals surface area contributed by atoms with Crippen LogP contribution in [0.1, 0.15) is 38.3 Å². The van der Waals surface area contributed by atoms with E-state index in [9.17, 15) is 4.79 Å². The van der Waals surface area contributed by atoms with Gasteiger partial charge in [0.1, 0.15) is 0 Å². The highest BCUT2D eigenvalue weighted by Crippen LogP contribution is 2.26. The first-order valence-corrected chi connectivity index (χ1v) is 6.98. The third kappa shape index (κ3) is 2.81. The fraction of sp³-hybridized carbons (Fsp3) is 0.562. The Kier molecular flexibility index (Phi) is 3.68. The molecule has 1 heterocycles. The molecule has 1 atom stereocenters. The van der Waals surface area contributed by atoms with Gasteiger partial charge in [0.2, 0.25) is 5.91 Å². The van der Waals surface area contributed by atoms with Gasteiger partial charge in [-0.25, -0.2) is 0 Å². The molecule has 1 aliphatic heterocycles. The molecule has 0 bridgehead atoms. The van der Waals surface area contributed by atoms with Crippen LogP contribution in [0.2, 0.25) is 0 Å². The number of hydrogen-bond acceptors (Lipinski definition) is 2. The summed E-state index contributed by atoms with van der Waals surface area (Å²) in [4.78, 5) is 14.7. The number of benzene rings is 1. The minimum absolute atomic E-state index is 0.155. The van der Waals surface area contributed by atoms with Gasteiger partial charge in [0, 0.05) is 11.7 Å². The van der Waals surface area contributed by atoms with Gasteiger partial charge in [0.15, 0.2) is 0 Å². The molecule has 2 rings (SSSR count). The van der Waals surface area contributed by atoms with Crippen LogP contribution in [0.3, 0.4) is 0 Å². The van der Waals surface area contributed by atoms with E-state index in [1.807, 2.05) is 18.7 Å². The second kappa shape index (κ2) is 4.97. The molecule has 104 valence electrons. The van der Waals surface area contributed by atoms with Gasteiger partial charge in [-0.3, -0.25) is 4.79 Å². The van der Waals surface area contributed by atoms with Crippen LogP contribution in [0.5, 0.6) is 0 Å². The van der Waals surface area contributed by atoms with Crippen LogP contribution in [0.4, 0.5) is 5.69 Å². The van der Waals surface area contributed by atoms with Crippen molar-refractivity contribution in [2.75, 3.05) is 11.4 Å². The lowest BCUT2D eigenvalue weighted by atomic mass is 10.0. The fourth-order valence-electron chi connectivity index (χ4n) is 2.76. The van der Waals surface area contributed by atoms with Crippen molar-refractivity contribution in [1.82, 2.24) is 5.32 Å². The lowest BCUT2D eigenvalue weighted by Gasteiger charge is -2.33. The molecule has 0 radical (unpaired) electrons. The normalized spacial score (nSPS) is 23.3. The first-order chi connectivity index (χ1) is 8.81. The fourth-order valence-corrected chi connectivity index (χ4v) is 2.76. The number of amides is 1. The topological polar surface area (TPSA) is 32.3 Å². The number of aryl methyl sites for hydroxylation is 2. The third-order valence-electron chi connectivity index (χ3n) is 3.81. The molecule has 19 heavy (non-hydrogen) atoms. The number of nitrogens with zero attached hydrogens (tertiary/aromatic N) is 1. The molecular weight excluding hydrogens is 236 g/mol. The Hall–Kier alpha value is -1.35. The largest absolute Gasteiger partial charge is 0.308 e. The second-order valence-electron chi connectivity index (χ2n) is 6.21. The maximum absolute atomic E-state index is 12.8. The molecule has 1 aromatic rings. The highest BCUT2D eigenvalue weighted by Gasteiger charge is 2.37. The van der Waals surface area contributed by atoms with Crippen LogP contribution in [0.15, 0.2) is 18.2 Å². The molecule has 1 aromatic carbocycles. The SMILES string of the molecule is Cc1cc(C)cc(N2C(=O)C(C)(C)NCCC2C)c1. The van der Waals surface area contributed by atoms with E-state index in [4.69, 9.17) is 0 Å². The molecule has 1 amide bonds. The Morgan fingerprint density at radius 3 is 2.37 bits per heavy atom. The highest BCUT2D eigenvalue weighted by atomic mass is 16.2. The molecule has 0 spiro atoms. The number of carbonyl (C=O) groups excluding carboxylic acids is 1. The van der Waals surface area contributed by atoms with E-state index in [1.165, 1.54) is 11.1 Å². The van der Waals surface area contributed by atoms with Gasteiger partial charge in [0.05, 0.1) is 5.54 Å². The lowest BCUT2D eigenvalue weighted by Crippen LogP contribution is -2.53. The lowest BCUT2D eigenvalue weighted by molar-refractivity contribution is -0.123. The highest BCUT2D eigenvalue weighted by molar-refractivity contribution is 6.00. The van der Waals surface area contributed by atoms with Gasteiger partial charge in [-0.2, -0.15) is 0 Å². The molecule has 1 N–H and O–H groups in total. The van der Waals surface area contributed by atoms with Gasteiger partial charge in [-0.1, -0.05) is 6.07 Å². The van der Waals surface area contributed by atoms with Crippen LogP contribution >= 0.6 is 0 Å². The summed E-state index contributed by atoms with van der Waals surface area (Å²) in [6.45, 7) is 11.1. The van der Waals surface area contributed by atoms with Gasteiger partial charge >= 0.3 is 0 Å². The third-order valence-corrected chi connectivity index (χ3v) is 3.81. The predicted octanol–water partition coefficient (Wildman–Crippen LogP) is 2.80. The van der Waals surface area contributed by atoms with Crippen molar-refractivity contribution in [3.8, 4) is 0 Å². The number of rotatable bonds is 1. The average molecular weight is 260 g/mol. The molecule has 0 saturated carbocycles.